The molecule has 0 aliphatic carbocycles. The second-order valence-electron chi connectivity index (χ2n) is 7.14. The van der Waals surface area contributed by atoms with Gasteiger partial charge in [0.2, 0.25) is 5.69 Å². The minimum absolute atomic E-state index is 0.282. The number of urea groups is 1. The Bertz CT molecular complexity index is 1390. The molecule has 0 unspecified atom stereocenters. The van der Waals surface area contributed by atoms with Gasteiger partial charge >= 0.3 is 12.0 Å². The number of rotatable bonds is 5. The van der Waals surface area contributed by atoms with Crippen molar-refractivity contribution in [1.82, 2.24) is 19.9 Å². The smallest absolute Gasteiger partial charge is 0.360 e. The van der Waals surface area contributed by atoms with E-state index in [1.165, 1.54) is 6.07 Å². The van der Waals surface area contributed by atoms with Crippen molar-refractivity contribution in [2.45, 2.75) is 13.5 Å². The number of fused-ring (bicyclic) bond motifs is 1. The van der Waals surface area contributed by atoms with Crippen LogP contribution in [-0.4, -0.2) is 31.6 Å². The van der Waals surface area contributed by atoms with E-state index in [-0.39, 0.29) is 18.1 Å². The van der Waals surface area contributed by atoms with Gasteiger partial charge in [-0.1, -0.05) is 29.3 Å². The lowest BCUT2D eigenvalue weighted by molar-refractivity contribution is 0.0689. The highest BCUT2D eigenvalue weighted by Gasteiger charge is 2.14. The van der Waals surface area contributed by atoms with Crippen LogP contribution in [0, 0.1) is 6.92 Å². The second kappa shape index (κ2) is 8.56. The molecule has 0 bridgehead atoms. The maximum absolute atomic E-state index is 12.1. The number of aromatic nitrogens is 3. The summed E-state index contributed by atoms with van der Waals surface area (Å²) in [4.78, 5) is 41.5. The summed E-state index contributed by atoms with van der Waals surface area (Å²) in [6, 6.07) is 12.0. The highest BCUT2D eigenvalue weighted by atomic mass is 35.5. The maximum Gasteiger partial charge on any atom is 0.360 e. The van der Waals surface area contributed by atoms with Crippen molar-refractivity contribution in [2.24, 2.45) is 0 Å². The maximum atomic E-state index is 12.1. The first-order valence-electron chi connectivity index (χ1n) is 9.56. The van der Waals surface area contributed by atoms with Gasteiger partial charge in [0.05, 0.1) is 21.7 Å². The number of hydrogen-bond acceptors (Lipinski definition) is 4. The summed E-state index contributed by atoms with van der Waals surface area (Å²) in [5.41, 5.74) is 2.38. The van der Waals surface area contributed by atoms with Gasteiger partial charge in [0.15, 0.2) is 0 Å². The van der Waals surface area contributed by atoms with Crippen LogP contribution in [0.3, 0.4) is 0 Å². The third kappa shape index (κ3) is 4.47. The lowest BCUT2D eigenvalue weighted by Crippen LogP contribution is -2.28. The van der Waals surface area contributed by atoms with Crippen LogP contribution in [0.1, 0.15) is 21.6 Å². The molecule has 32 heavy (non-hydrogen) atoms. The molecule has 4 aromatic rings. The molecule has 9 nitrogen and oxygen atoms in total. The number of aromatic carboxylic acids is 1. The molecule has 0 aliphatic rings. The number of aromatic amines is 1. The lowest BCUT2D eigenvalue weighted by Gasteiger charge is -2.09. The molecule has 0 radical (unpaired) electrons. The van der Waals surface area contributed by atoms with Crippen molar-refractivity contribution in [3.63, 3.8) is 0 Å². The van der Waals surface area contributed by atoms with Crippen molar-refractivity contribution < 1.29 is 14.7 Å². The third-order valence-corrected chi connectivity index (χ3v) is 5.06. The lowest BCUT2D eigenvalue weighted by atomic mass is 10.2. The Hall–Kier alpha value is -4.11. The Balaban J connectivity index is 1.51. The molecule has 2 aromatic heterocycles. The summed E-state index contributed by atoms with van der Waals surface area (Å²) in [5.74, 6) is -1.41. The van der Waals surface area contributed by atoms with Crippen LogP contribution in [0.25, 0.3) is 16.7 Å². The van der Waals surface area contributed by atoms with E-state index in [1.54, 1.807) is 23.0 Å². The van der Waals surface area contributed by atoms with Crippen LogP contribution in [0.15, 0.2) is 59.7 Å². The first-order valence-corrected chi connectivity index (χ1v) is 9.93. The molecule has 162 valence electrons. The predicted molar refractivity (Wildman–Crippen MR) is 121 cm³/mol. The number of nitrogens with zero attached hydrogens (tertiary/aromatic N) is 2. The van der Waals surface area contributed by atoms with Gasteiger partial charge in [0.1, 0.15) is 0 Å². The fourth-order valence-corrected chi connectivity index (χ4v) is 3.39. The van der Waals surface area contributed by atoms with Crippen molar-refractivity contribution in [1.29, 1.82) is 0 Å². The summed E-state index contributed by atoms with van der Waals surface area (Å²) < 4.78 is 1.73. The highest BCUT2D eigenvalue weighted by Crippen LogP contribution is 2.25. The fourth-order valence-electron chi connectivity index (χ4n) is 3.13. The van der Waals surface area contributed by atoms with E-state index in [2.05, 4.69) is 20.6 Å². The summed E-state index contributed by atoms with van der Waals surface area (Å²) in [6.45, 7) is 2.25. The van der Waals surface area contributed by atoms with E-state index < -0.39 is 17.2 Å². The van der Waals surface area contributed by atoms with Crippen molar-refractivity contribution in [3.8, 4) is 5.69 Å². The van der Waals surface area contributed by atoms with Gasteiger partial charge in [-0.2, -0.15) is 0 Å². The number of anilines is 1. The average Bonchev–Trinajstić information content (AvgIpc) is 3.22. The fraction of sp³-hybridized carbons (Fsp3) is 0.0909. The number of carboxylic acids is 1. The molecule has 4 N–H and O–H groups in total. The molecule has 4 rings (SSSR count). The minimum Gasteiger partial charge on any atom is -0.476 e. The van der Waals surface area contributed by atoms with Gasteiger partial charge in [-0.25, -0.2) is 14.6 Å². The zero-order valence-corrected chi connectivity index (χ0v) is 17.6. The summed E-state index contributed by atoms with van der Waals surface area (Å²) in [5, 5.41) is 15.0. The topological polar surface area (TPSA) is 129 Å². The number of carboxylic acid groups (broad SMARTS) is 1. The highest BCUT2D eigenvalue weighted by molar-refractivity contribution is 6.33. The van der Waals surface area contributed by atoms with Crippen LogP contribution in [0.5, 0.6) is 0 Å². The van der Waals surface area contributed by atoms with E-state index in [0.29, 0.717) is 21.9 Å². The Kier molecular flexibility index (Phi) is 5.65. The number of carbonyl (C=O) groups is 2. The zero-order valence-electron chi connectivity index (χ0n) is 16.8. The van der Waals surface area contributed by atoms with Crippen LogP contribution >= 0.6 is 11.6 Å². The van der Waals surface area contributed by atoms with Crippen LogP contribution in [0.2, 0.25) is 5.02 Å². The third-order valence-electron chi connectivity index (χ3n) is 4.76. The first kappa shape index (κ1) is 21.1. The number of nitrogens with one attached hydrogen (secondary N) is 3. The average molecular weight is 452 g/mol. The molecule has 0 saturated heterocycles. The van der Waals surface area contributed by atoms with Crippen LogP contribution in [-0.2, 0) is 6.54 Å². The molecule has 2 amide bonds. The Morgan fingerprint density at radius 3 is 2.66 bits per heavy atom. The number of hydrogen-bond donors (Lipinski definition) is 4. The Labute approximate surface area is 186 Å². The summed E-state index contributed by atoms with van der Waals surface area (Å²) in [7, 11) is 0. The van der Waals surface area contributed by atoms with Crippen LogP contribution in [0.4, 0.5) is 10.5 Å². The van der Waals surface area contributed by atoms with E-state index in [1.807, 2.05) is 37.3 Å². The predicted octanol–water partition coefficient (Wildman–Crippen LogP) is 3.70. The van der Waals surface area contributed by atoms with E-state index in [4.69, 9.17) is 16.7 Å². The number of H-pyrrole nitrogens is 1. The summed E-state index contributed by atoms with van der Waals surface area (Å²) >= 11 is 6.36. The monoisotopic (exact) mass is 451 g/mol. The van der Waals surface area contributed by atoms with Gasteiger partial charge in [-0.3, -0.25) is 4.79 Å². The summed E-state index contributed by atoms with van der Waals surface area (Å²) in [6.07, 6.45) is 3.54. The van der Waals surface area contributed by atoms with E-state index in [0.717, 1.165) is 11.1 Å². The number of carbonyl (C=O) groups excluding carboxylic acids is 1. The Morgan fingerprint density at radius 2 is 1.94 bits per heavy atom. The Morgan fingerprint density at radius 1 is 1.19 bits per heavy atom. The molecule has 2 aromatic carbocycles. The van der Waals surface area contributed by atoms with Gasteiger partial charge in [-0.15, -0.1) is 0 Å². The molecule has 0 spiro atoms. The van der Waals surface area contributed by atoms with Gasteiger partial charge in [0, 0.05) is 24.6 Å². The molecule has 0 saturated carbocycles. The van der Waals surface area contributed by atoms with E-state index in [9.17, 15) is 14.4 Å². The minimum atomic E-state index is -1.41. The molecule has 2 heterocycles. The first-order chi connectivity index (χ1) is 15.3. The molecule has 0 fully saturated rings. The number of benzene rings is 2. The SMILES string of the molecule is Cc1ccc(NC(=O)NCc2ccn(-c3cc4nc(C(=O)O)c(=O)[nH]c4cc3Cl)c2)cc1. The van der Waals surface area contributed by atoms with Gasteiger partial charge in [-0.05, 0) is 42.8 Å². The molecule has 0 aliphatic heterocycles. The largest absolute Gasteiger partial charge is 0.476 e. The van der Waals surface area contributed by atoms with Crippen molar-refractivity contribution in [2.75, 3.05) is 5.32 Å². The molecule has 10 heteroatoms. The number of aryl methyl sites for hydroxylation is 1. The normalized spacial score (nSPS) is 10.8. The van der Waals surface area contributed by atoms with E-state index >= 15 is 0 Å². The number of halogens is 1. The standard InChI is InChI=1S/C22H18ClN5O4/c1-12-2-4-14(5-3-12)25-22(32)24-10-13-6-7-28(11-13)18-9-17-16(8-15(18)23)27-20(29)19(26-17)21(30)31/h2-9,11H,10H2,1H3,(H,27,29)(H,30,31)(H2,24,25,32). The number of amides is 2. The second-order valence-corrected chi connectivity index (χ2v) is 7.55. The molecular weight excluding hydrogens is 434 g/mol. The van der Waals surface area contributed by atoms with Crippen molar-refractivity contribution in [3.05, 3.63) is 87.1 Å². The zero-order chi connectivity index (χ0) is 22.8. The van der Waals surface area contributed by atoms with Gasteiger partial charge in [0.25, 0.3) is 5.56 Å². The molecular formula is C22H18ClN5O4. The quantitative estimate of drug-likeness (QED) is 0.367. The van der Waals surface area contributed by atoms with Crippen LogP contribution < -0.4 is 16.2 Å². The van der Waals surface area contributed by atoms with Gasteiger partial charge < -0.3 is 25.3 Å². The van der Waals surface area contributed by atoms with Crippen molar-refractivity contribution >= 4 is 40.3 Å². The molecule has 0 atom stereocenters.